The lowest BCUT2D eigenvalue weighted by molar-refractivity contribution is -0.146. The Hall–Kier alpha value is -3.35. The fraction of sp³-hybridized carbons (Fsp3) is 0.444. The van der Waals surface area contributed by atoms with Crippen LogP contribution in [0.25, 0.3) is 11.1 Å². The zero-order valence-electron chi connectivity index (χ0n) is 19.5. The zero-order valence-corrected chi connectivity index (χ0v) is 19.5. The highest BCUT2D eigenvalue weighted by Gasteiger charge is 2.32. The van der Waals surface area contributed by atoms with E-state index in [2.05, 4.69) is 29.6 Å². The Morgan fingerprint density at radius 2 is 1.68 bits per heavy atom. The monoisotopic (exact) mass is 464 g/mol. The largest absolute Gasteiger partial charge is 0.480 e. The number of hydrogen-bond acceptors (Lipinski definition) is 4. The van der Waals surface area contributed by atoms with Gasteiger partial charge in [-0.1, -0.05) is 55.0 Å². The van der Waals surface area contributed by atoms with Crippen molar-refractivity contribution < 1.29 is 24.2 Å². The van der Waals surface area contributed by atoms with Gasteiger partial charge in [0, 0.05) is 24.9 Å². The van der Waals surface area contributed by atoms with Crippen LogP contribution in [-0.4, -0.2) is 54.2 Å². The first kappa shape index (κ1) is 23.8. The maximum Gasteiger partial charge on any atom is 0.407 e. The Morgan fingerprint density at radius 3 is 2.29 bits per heavy atom. The fourth-order valence-electron chi connectivity index (χ4n) is 5.34. The minimum absolute atomic E-state index is 0.0177. The number of nitrogens with zero attached hydrogens (tertiary/aromatic N) is 1. The molecule has 0 bridgehead atoms. The van der Waals surface area contributed by atoms with E-state index in [1.165, 1.54) is 27.2 Å². The van der Waals surface area contributed by atoms with Gasteiger partial charge in [0.2, 0.25) is 5.91 Å². The topological polar surface area (TPSA) is 95.9 Å². The predicted molar refractivity (Wildman–Crippen MR) is 128 cm³/mol. The molecule has 7 heteroatoms. The van der Waals surface area contributed by atoms with Gasteiger partial charge in [0.25, 0.3) is 0 Å². The first-order valence-corrected chi connectivity index (χ1v) is 12.1. The molecule has 0 heterocycles. The second kappa shape index (κ2) is 10.7. The van der Waals surface area contributed by atoms with Crippen LogP contribution >= 0.6 is 0 Å². The number of ether oxygens (including phenoxy) is 1. The second-order valence-corrected chi connectivity index (χ2v) is 9.18. The molecule has 2 unspecified atom stereocenters. The van der Waals surface area contributed by atoms with Crippen LogP contribution in [0, 0.1) is 11.8 Å². The maximum atomic E-state index is 12.7. The average molecular weight is 465 g/mol. The van der Waals surface area contributed by atoms with Gasteiger partial charge in [0.15, 0.2) is 0 Å². The molecule has 0 aliphatic heterocycles. The maximum absolute atomic E-state index is 12.7. The van der Waals surface area contributed by atoms with Gasteiger partial charge < -0.3 is 20.1 Å². The summed E-state index contributed by atoms with van der Waals surface area (Å²) in [5.41, 5.74) is 4.72. The quantitative estimate of drug-likeness (QED) is 0.608. The minimum Gasteiger partial charge on any atom is -0.480 e. The first-order valence-electron chi connectivity index (χ1n) is 12.1. The van der Waals surface area contributed by atoms with Crippen molar-refractivity contribution in [2.45, 2.75) is 38.5 Å². The van der Waals surface area contributed by atoms with E-state index < -0.39 is 12.1 Å². The third-order valence-electron chi connectivity index (χ3n) is 7.03. The Kier molecular flexibility index (Phi) is 7.50. The number of aliphatic carboxylic acids is 1. The molecule has 2 aromatic rings. The van der Waals surface area contributed by atoms with Crippen LogP contribution in [0.3, 0.4) is 0 Å². The summed E-state index contributed by atoms with van der Waals surface area (Å²) in [6.45, 7) is 2.62. The Balaban J connectivity index is 1.28. The van der Waals surface area contributed by atoms with Gasteiger partial charge >= 0.3 is 12.1 Å². The third-order valence-corrected chi connectivity index (χ3v) is 7.03. The zero-order chi connectivity index (χ0) is 24.1. The summed E-state index contributed by atoms with van der Waals surface area (Å²) < 4.78 is 5.61. The van der Waals surface area contributed by atoms with Crippen molar-refractivity contribution in [2.24, 2.45) is 11.8 Å². The lowest BCUT2D eigenvalue weighted by Crippen LogP contribution is -2.42. The van der Waals surface area contributed by atoms with Gasteiger partial charge in [-0.15, -0.1) is 0 Å². The van der Waals surface area contributed by atoms with E-state index in [-0.39, 0.29) is 36.8 Å². The smallest absolute Gasteiger partial charge is 0.407 e. The lowest BCUT2D eigenvalue weighted by Gasteiger charge is -2.31. The number of carbonyl (C=O) groups excluding carboxylic acids is 2. The molecule has 2 aromatic carbocycles. The fourth-order valence-corrected chi connectivity index (χ4v) is 5.34. The van der Waals surface area contributed by atoms with Gasteiger partial charge in [-0.25, -0.2) is 4.79 Å². The van der Waals surface area contributed by atoms with E-state index in [1.807, 2.05) is 24.3 Å². The molecular weight excluding hydrogens is 432 g/mol. The summed E-state index contributed by atoms with van der Waals surface area (Å²) in [6, 6.07) is 16.4. The van der Waals surface area contributed by atoms with E-state index in [0.29, 0.717) is 19.5 Å². The van der Waals surface area contributed by atoms with Gasteiger partial charge in [-0.3, -0.25) is 9.59 Å². The van der Waals surface area contributed by atoms with Crippen LogP contribution < -0.4 is 5.32 Å². The van der Waals surface area contributed by atoms with Crippen LogP contribution in [0.5, 0.6) is 0 Å². The number of carbonyl (C=O) groups is 3. The van der Waals surface area contributed by atoms with Crippen LogP contribution in [-0.2, 0) is 14.3 Å². The molecule has 0 aromatic heterocycles. The van der Waals surface area contributed by atoms with Crippen molar-refractivity contribution in [3.05, 3.63) is 59.7 Å². The second-order valence-electron chi connectivity index (χ2n) is 9.18. The van der Waals surface area contributed by atoms with Gasteiger partial charge in [0.05, 0.1) is 0 Å². The molecule has 0 saturated heterocycles. The number of likely N-dealkylation sites (N-methyl/N-ethyl adjacent to an activating group) is 1. The molecule has 0 radical (unpaired) electrons. The number of alkyl carbamates (subject to hydrolysis) is 1. The molecule has 2 atom stereocenters. The molecular formula is C27H32N2O5. The normalized spacial score (nSPS) is 19.1. The van der Waals surface area contributed by atoms with Crippen LogP contribution in [0.2, 0.25) is 0 Å². The van der Waals surface area contributed by atoms with E-state index >= 15 is 0 Å². The summed E-state index contributed by atoms with van der Waals surface area (Å²) in [6.07, 6.45) is 2.78. The molecule has 2 amide bonds. The number of benzene rings is 2. The number of carboxylic acid groups (broad SMARTS) is 1. The van der Waals surface area contributed by atoms with Crippen LogP contribution in [0.15, 0.2) is 48.5 Å². The molecule has 34 heavy (non-hydrogen) atoms. The number of fused-ring (bicyclic) bond motifs is 3. The van der Waals surface area contributed by atoms with Gasteiger partial charge in [-0.2, -0.15) is 0 Å². The molecule has 2 aliphatic carbocycles. The highest BCUT2D eigenvalue weighted by atomic mass is 16.5. The van der Waals surface area contributed by atoms with Crippen molar-refractivity contribution in [3.8, 4) is 11.1 Å². The van der Waals surface area contributed by atoms with Gasteiger partial charge in [0.1, 0.15) is 13.2 Å². The Morgan fingerprint density at radius 1 is 1.03 bits per heavy atom. The van der Waals surface area contributed by atoms with Crippen molar-refractivity contribution in [1.82, 2.24) is 10.2 Å². The van der Waals surface area contributed by atoms with Crippen molar-refractivity contribution in [1.29, 1.82) is 0 Å². The SMILES string of the molecule is CCN(CC(=O)O)C(=O)C1CCCC(CNC(=O)OCC2c3ccccc3-c3ccccc32)C1. The molecule has 4 rings (SSSR count). The van der Waals surface area contributed by atoms with Crippen molar-refractivity contribution in [3.63, 3.8) is 0 Å². The summed E-state index contributed by atoms with van der Waals surface area (Å²) in [7, 11) is 0. The molecule has 7 nitrogen and oxygen atoms in total. The highest BCUT2D eigenvalue weighted by Crippen LogP contribution is 2.44. The predicted octanol–water partition coefficient (Wildman–Crippen LogP) is 4.26. The van der Waals surface area contributed by atoms with Crippen LogP contribution in [0.4, 0.5) is 4.79 Å². The molecule has 1 saturated carbocycles. The van der Waals surface area contributed by atoms with E-state index in [1.54, 1.807) is 6.92 Å². The summed E-state index contributed by atoms with van der Waals surface area (Å²) in [5, 5.41) is 11.9. The summed E-state index contributed by atoms with van der Waals surface area (Å²) in [5.74, 6) is -1.10. The average Bonchev–Trinajstić information content (AvgIpc) is 3.18. The first-order chi connectivity index (χ1) is 16.5. The number of rotatable bonds is 8. The van der Waals surface area contributed by atoms with Crippen molar-refractivity contribution in [2.75, 3.05) is 26.2 Å². The number of carboxylic acids is 1. The number of amides is 2. The molecule has 180 valence electrons. The van der Waals surface area contributed by atoms with Crippen LogP contribution in [0.1, 0.15) is 49.7 Å². The molecule has 2 aliphatic rings. The number of hydrogen-bond donors (Lipinski definition) is 2. The van der Waals surface area contributed by atoms with E-state index in [0.717, 1.165) is 19.3 Å². The van der Waals surface area contributed by atoms with E-state index in [4.69, 9.17) is 9.84 Å². The lowest BCUT2D eigenvalue weighted by atomic mass is 9.80. The van der Waals surface area contributed by atoms with Gasteiger partial charge in [-0.05, 0) is 54.4 Å². The Bertz CT molecular complexity index is 1010. The summed E-state index contributed by atoms with van der Waals surface area (Å²) >= 11 is 0. The van der Waals surface area contributed by atoms with Crippen molar-refractivity contribution >= 4 is 18.0 Å². The summed E-state index contributed by atoms with van der Waals surface area (Å²) in [4.78, 5) is 37.7. The van der Waals surface area contributed by atoms with E-state index in [9.17, 15) is 14.4 Å². The minimum atomic E-state index is -1.00. The third kappa shape index (κ3) is 5.24. The molecule has 1 fully saturated rings. The standard InChI is InChI=1S/C27H32N2O5/c1-2-29(16-25(30)31)26(32)19-9-7-8-18(14-19)15-28-27(33)34-17-24-22-12-5-3-10-20(22)21-11-4-6-13-23(21)24/h3-6,10-13,18-19,24H,2,7-9,14-17H2,1H3,(H,28,33)(H,30,31). The molecule has 0 spiro atoms. The Labute approximate surface area is 200 Å². The highest BCUT2D eigenvalue weighted by molar-refractivity contribution is 5.83. The molecule has 2 N–H and O–H groups in total. The number of nitrogens with one attached hydrogen (secondary N) is 1.